The number of rotatable bonds is 5. The van der Waals surface area contributed by atoms with Gasteiger partial charge in [0.05, 0.1) is 12.0 Å². The van der Waals surface area contributed by atoms with Gasteiger partial charge in [-0.1, -0.05) is 53.3 Å². The van der Waals surface area contributed by atoms with Crippen molar-refractivity contribution in [1.29, 1.82) is 0 Å². The average molecular weight is 429 g/mol. The Morgan fingerprint density at radius 3 is 2.00 bits per heavy atom. The Kier molecular flexibility index (Phi) is 7.29. The first-order chi connectivity index (χ1) is 13.8. The molecule has 0 saturated heterocycles. The fraction of sp³-hybridized carbons (Fsp3) is 0.478. The van der Waals surface area contributed by atoms with Gasteiger partial charge in [-0.25, -0.2) is 15.4 Å². The Hall–Kier alpha value is -2.41. The number of amides is 1. The molecule has 0 unspecified atom stereocenters. The zero-order valence-electron chi connectivity index (χ0n) is 19.1. The van der Waals surface area contributed by atoms with Gasteiger partial charge in [-0.15, -0.1) is 0 Å². The summed E-state index contributed by atoms with van der Waals surface area (Å²) in [6, 6.07) is 5.72. The number of hydrazone groups is 1. The maximum atomic E-state index is 12.1. The van der Waals surface area contributed by atoms with Crippen LogP contribution in [-0.4, -0.2) is 32.9 Å². The van der Waals surface area contributed by atoms with Gasteiger partial charge in [0.15, 0.2) is 5.16 Å². The number of phenolic OH excluding ortho intramolecular Hbond substituents is 1. The topological polar surface area (TPSA) is 87.5 Å². The standard InChI is InChI=1S/C23H32N4O2S/c1-14-9-15(2)26-21(25-14)30-13-19(28)27-24-12-16-10-17(22(3,4)5)20(29)18(11-16)23(6,7)8/h9-12,29H,13H2,1-8H3,(H,27,28)/b24-12+. The van der Waals surface area contributed by atoms with Crippen LogP contribution in [0.1, 0.15) is 69.6 Å². The van der Waals surface area contributed by atoms with Gasteiger partial charge in [0.25, 0.3) is 5.91 Å². The van der Waals surface area contributed by atoms with Gasteiger partial charge >= 0.3 is 0 Å². The molecule has 0 spiro atoms. The number of aromatic hydroxyl groups is 1. The predicted molar refractivity (Wildman–Crippen MR) is 123 cm³/mol. The number of phenols is 1. The first kappa shape index (κ1) is 23.9. The van der Waals surface area contributed by atoms with Crippen LogP contribution in [0.15, 0.2) is 28.5 Å². The number of hydrogen-bond donors (Lipinski definition) is 2. The summed E-state index contributed by atoms with van der Waals surface area (Å²) in [4.78, 5) is 20.8. The zero-order valence-corrected chi connectivity index (χ0v) is 19.9. The van der Waals surface area contributed by atoms with Gasteiger partial charge in [-0.2, -0.15) is 5.10 Å². The molecule has 1 aromatic heterocycles. The highest BCUT2D eigenvalue weighted by molar-refractivity contribution is 7.99. The van der Waals surface area contributed by atoms with Crippen LogP contribution in [0.5, 0.6) is 5.75 Å². The van der Waals surface area contributed by atoms with E-state index in [1.165, 1.54) is 11.8 Å². The Balaban J connectivity index is 2.12. The molecule has 1 heterocycles. The largest absolute Gasteiger partial charge is 0.507 e. The van der Waals surface area contributed by atoms with Crippen LogP contribution in [0, 0.1) is 13.8 Å². The number of aryl methyl sites for hydroxylation is 2. The third-order valence-electron chi connectivity index (χ3n) is 4.45. The quantitative estimate of drug-likeness (QED) is 0.314. The van der Waals surface area contributed by atoms with E-state index in [4.69, 9.17) is 0 Å². The van der Waals surface area contributed by atoms with Crippen molar-refractivity contribution in [1.82, 2.24) is 15.4 Å². The average Bonchev–Trinajstić information content (AvgIpc) is 2.58. The molecule has 2 rings (SSSR count). The molecule has 0 aliphatic heterocycles. The number of carbonyl (C=O) groups is 1. The number of nitrogens with one attached hydrogen (secondary N) is 1. The normalized spacial score (nSPS) is 12.4. The Bertz CT molecular complexity index is 901. The number of benzene rings is 1. The third kappa shape index (κ3) is 6.55. The molecule has 0 atom stereocenters. The van der Waals surface area contributed by atoms with Gasteiger partial charge in [0.1, 0.15) is 5.75 Å². The number of thioether (sulfide) groups is 1. The summed E-state index contributed by atoms with van der Waals surface area (Å²) in [6.07, 6.45) is 1.61. The van der Waals surface area contributed by atoms with Crippen LogP contribution < -0.4 is 5.43 Å². The second-order valence-corrected chi connectivity index (χ2v) is 10.4. The highest BCUT2D eigenvalue weighted by Gasteiger charge is 2.26. The minimum Gasteiger partial charge on any atom is -0.507 e. The van der Waals surface area contributed by atoms with Gasteiger partial charge in [-0.05, 0) is 48.4 Å². The van der Waals surface area contributed by atoms with E-state index < -0.39 is 0 Å². The molecule has 0 aliphatic carbocycles. The zero-order chi connectivity index (χ0) is 22.7. The SMILES string of the molecule is Cc1cc(C)nc(SCC(=O)N/N=C/c2cc(C(C)(C)C)c(O)c(C(C)(C)C)c2)n1. The first-order valence-corrected chi connectivity index (χ1v) is 10.9. The van der Waals surface area contributed by atoms with E-state index in [2.05, 4.69) is 62.0 Å². The lowest BCUT2D eigenvalue weighted by atomic mass is 9.78. The van der Waals surface area contributed by atoms with Crippen molar-refractivity contribution in [2.75, 3.05) is 5.75 Å². The fourth-order valence-electron chi connectivity index (χ4n) is 2.97. The molecule has 6 nitrogen and oxygen atoms in total. The van der Waals surface area contributed by atoms with E-state index in [0.29, 0.717) is 10.9 Å². The summed E-state index contributed by atoms with van der Waals surface area (Å²) in [5.74, 6) is 0.266. The highest BCUT2D eigenvalue weighted by Crippen LogP contribution is 2.39. The minimum atomic E-state index is -0.232. The van der Waals surface area contributed by atoms with E-state index in [9.17, 15) is 9.90 Å². The molecule has 2 aromatic rings. The summed E-state index contributed by atoms with van der Waals surface area (Å²) in [7, 11) is 0. The van der Waals surface area contributed by atoms with Crippen LogP contribution >= 0.6 is 11.8 Å². The van der Waals surface area contributed by atoms with Crippen LogP contribution in [0.3, 0.4) is 0 Å². The van der Waals surface area contributed by atoms with Crippen molar-refractivity contribution in [3.05, 3.63) is 46.3 Å². The lowest BCUT2D eigenvalue weighted by molar-refractivity contribution is -0.118. The number of carbonyl (C=O) groups excluding carboxylic acids is 1. The predicted octanol–water partition coefficient (Wildman–Crippen LogP) is 4.64. The van der Waals surface area contributed by atoms with Crippen molar-refractivity contribution >= 4 is 23.9 Å². The molecular formula is C23H32N4O2S. The fourth-order valence-corrected chi connectivity index (χ4v) is 3.72. The minimum absolute atomic E-state index is 0.177. The maximum absolute atomic E-state index is 12.1. The third-order valence-corrected chi connectivity index (χ3v) is 5.29. The van der Waals surface area contributed by atoms with Gasteiger partial charge < -0.3 is 5.11 Å². The molecule has 30 heavy (non-hydrogen) atoms. The van der Waals surface area contributed by atoms with Crippen LogP contribution in [0.25, 0.3) is 0 Å². The molecule has 0 bridgehead atoms. The van der Waals surface area contributed by atoms with E-state index in [-0.39, 0.29) is 22.5 Å². The Labute approximate surface area is 183 Å². The number of hydrogen-bond acceptors (Lipinski definition) is 6. The van der Waals surface area contributed by atoms with Crippen LogP contribution in [-0.2, 0) is 15.6 Å². The van der Waals surface area contributed by atoms with Gasteiger partial charge in [-0.3, -0.25) is 4.79 Å². The monoisotopic (exact) mass is 428 g/mol. The van der Waals surface area contributed by atoms with Crippen molar-refractivity contribution in [3.8, 4) is 5.75 Å². The van der Waals surface area contributed by atoms with E-state index in [0.717, 1.165) is 28.1 Å². The molecule has 1 aromatic carbocycles. The van der Waals surface area contributed by atoms with Crippen molar-refractivity contribution in [2.45, 2.75) is 71.4 Å². The molecule has 162 valence electrons. The molecule has 1 amide bonds. The van der Waals surface area contributed by atoms with Crippen molar-refractivity contribution in [2.24, 2.45) is 5.10 Å². The summed E-state index contributed by atoms with van der Waals surface area (Å²) < 4.78 is 0. The van der Waals surface area contributed by atoms with E-state index in [1.54, 1.807) is 6.21 Å². The summed E-state index contributed by atoms with van der Waals surface area (Å²) in [5.41, 5.74) is 6.39. The lowest BCUT2D eigenvalue weighted by Crippen LogP contribution is -2.20. The lowest BCUT2D eigenvalue weighted by Gasteiger charge is -2.27. The van der Waals surface area contributed by atoms with Crippen LogP contribution in [0.4, 0.5) is 0 Å². The van der Waals surface area contributed by atoms with Gasteiger partial charge in [0.2, 0.25) is 0 Å². The second kappa shape index (κ2) is 9.16. The summed E-state index contributed by atoms with van der Waals surface area (Å²) in [6.45, 7) is 16.2. The smallest absolute Gasteiger partial charge is 0.250 e. The molecular weight excluding hydrogens is 396 g/mol. The van der Waals surface area contributed by atoms with Crippen LogP contribution in [0.2, 0.25) is 0 Å². The Morgan fingerprint density at radius 2 is 1.53 bits per heavy atom. The Morgan fingerprint density at radius 1 is 1.03 bits per heavy atom. The second-order valence-electron chi connectivity index (χ2n) is 9.48. The highest BCUT2D eigenvalue weighted by atomic mass is 32.2. The molecule has 0 radical (unpaired) electrons. The summed E-state index contributed by atoms with van der Waals surface area (Å²) in [5, 5.41) is 15.5. The molecule has 0 aliphatic rings. The van der Waals surface area contributed by atoms with Crippen molar-refractivity contribution < 1.29 is 9.90 Å². The van der Waals surface area contributed by atoms with E-state index >= 15 is 0 Å². The summed E-state index contributed by atoms with van der Waals surface area (Å²) >= 11 is 1.28. The molecule has 0 fully saturated rings. The number of aromatic nitrogens is 2. The molecule has 7 heteroatoms. The maximum Gasteiger partial charge on any atom is 0.250 e. The van der Waals surface area contributed by atoms with Crippen molar-refractivity contribution in [3.63, 3.8) is 0 Å². The first-order valence-electron chi connectivity index (χ1n) is 9.92. The van der Waals surface area contributed by atoms with Gasteiger partial charge in [0, 0.05) is 22.5 Å². The molecule has 0 saturated carbocycles. The van der Waals surface area contributed by atoms with E-state index in [1.807, 2.05) is 32.0 Å². The molecule has 2 N–H and O–H groups in total. The number of nitrogens with zero attached hydrogens (tertiary/aromatic N) is 3.